The SMILES string of the molecule is CC(C)c1ccc(C(=O)c2cccs2)c(SCCCCCCN(C)C)n1.O=C(O)C(=O)O. The normalized spacial score (nSPS) is 10.7. The Labute approximate surface area is 197 Å². The number of carboxylic acid groups (broad SMARTS) is 2. The molecule has 0 fully saturated rings. The van der Waals surface area contributed by atoms with Crippen LogP contribution < -0.4 is 0 Å². The van der Waals surface area contributed by atoms with Gasteiger partial charge in [0.1, 0.15) is 5.03 Å². The molecule has 2 N–H and O–H groups in total. The van der Waals surface area contributed by atoms with Crippen molar-refractivity contribution in [2.45, 2.75) is 50.5 Å². The summed E-state index contributed by atoms with van der Waals surface area (Å²) in [4.78, 5) is 38.8. The molecule has 0 saturated carbocycles. The number of carbonyl (C=O) groups is 3. The van der Waals surface area contributed by atoms with E-state index in [0.717, 1.165) is 39.9 Å². The summed E-state index contributed by atoms with van der Waals surface area (Å²) in [5.41, 5.74) is 1.80. The average molecular weight is 481 g/mol. The summed E-state index contributed by atoms with van der Waals surface area (Å²) < 4.78 is 0. The second-order valence-corrected chi connectivity index (χ2v) is 9.76. The van der Waals surface area contributed by atoms with Crippen LogP contribution >= 0.6 is 23.1 Å². The third kappa shape index (κ3) is 10.4. The Morgan fingerprint density at radius 3 is 2.22 bits per heavy atom. The molecular formula is C23H32N2O5S2. The minimum atomic E-state index is -1.82. The lowest BCUT2D eigenvalue weighted by molar-refractivity contribution is -0.159. The van der Waals surface area contributed by atoms with Crippen LogP contribution in [0, 0.1) is 0 Å². The molecule has 2 aromatic heterocycles. The number of unbranched alkanes of at least 4 members (excludes halogenated alkanes) is 3. The number of carbonyl (C=O) groups excluding carboxylic acids is 1. The Morgan fingerprint density at radius 1 is 1.03 bits per heavy atom. The lowest BCUT2D eigenvalue weighted by atomic mass is 10.1. The fourth-order valence-corrected chi connectivity index (χ4v) is 4.36. The van der Waals surface area contributed by atoms with Gasteiger partial charge in [-0.25, -0.2) is 14.6 Å². The molecular weight excluding hydrogens is 448 g/mol. The van der Waals surface area contributed by atoms with Crippen LogP contribution in [-0.4, -0.2) is 64.2 Å². The Hall–Kier alpha value is -2.23. The molecule has 0 bridgehead atoms. The fraction of sp³-hybridized carbons (Fsp3) is 0.478. The molecule has 176 valence electrons. The molecule has 0 aliphatic heterocycles. The topological polar surface area (TPSA) is 108 Å². The molecule has 0 atom stereocenters. The zero-order valence-electron chi connectivity index (χ0n) is 19.0. The van der Waals surface area contributed by atoms with Gasteiger partial charge in [0.2, 0.25) is 5.78 Å². The van der Waals surface area contributed by atoms with Gasteiger partial charge in [-0.3, -0.25) is 4.79 Å². The number of ketones is 1. The largest absolute Gasteiger partial charge is 0.473 e. The van der Waals surface area contributed by atoms with E-state index in [9.17, 15) is 4.79 Å². The van der Waals surface area contributed by atoms with Gasteiger partial charge in [-0.2, -0.15) is 0 Å². The van der Waals surface area contributed by atoms with Gasteiger partial charge in [0, 0.05) is 5.69 Å². The first-order chi connectivity index (χ1) is 15.1. The van der Waals surface area contributed by atoms with E-state index in [1.54, 1.807) is 11.8 Å². The van der Waals surface area contributed by atoms with Gasteiger partial charge >= 0.3 is 11.9 Å². The minimum Gasteiger partial charge on any atom is -0.473 e. The minimum absolute atomic E-state index is 0.0938. The summed E-state index contributed by atoms with van der Waals surface area (Å²) in [6.07, 6.45) is 4.91. The maximum absolute atomic E-state index is 12.8. The predicted octanol–water partition coefficient (Wildman–Crippen LogP) is 4.87. The molecule has 0 spiro atoms. The van der Waals surface area contributed by atoms with E-state index in [1.165, 1.54) is 30.6 Å². The molecule has 0 aliphatic carbocycles. The Kier molecular flexibility index (Phi) is 12.8. The summed E-state index contributed by atoms with van der Waals surface area (Å²) in [6, 6.07) is 7.78. The molecule has 32 heavy (non-hydrogen) atoms. The van der Waals surface area contributed by atoms with Crippen molar-refractivity contribution in [3.63, 3.8) is 0 Å². The van der Waals surface area contributed by atoms with E-state index in [0.29, 0.717) is 5.92 Å². The monoisotopic (exact) mass is 480 g/mol. The van der Waals surface area contributed by atoms with Crippen LogP contribution in [0.2, 0.25) is 0 Å². The van der Waals surface area contributed by atoms with E-state index < -0.39 is 11.9 Å². The van der Waals surface area contributed by atoms with Gasteiger partial charge in [0.15, 0.2) is 0 Å². The number of carboxylic acids is 2. The lowest BCUT2D eigenvalue weighted by Crippen LogP contribution is -2.12. The highest BCUT2D eigenvalue weighted by molar-refractivity contribution is 7.99. The molecule has 2 aromatic rings. The number of aliphatic carboxylic acids is 2. The molecule has 9 heteroatoms. The molecule has 0 saturated heterocycles. The smallest absolute Gasteiger partial charge is 0.414 e. The van der Waals surface area contributed by atoms with Crippen molar-refractivity contribution in [2.75, 3.05) is 26.4 Å². The first-order valence-electron chi connectivity index (χ1n) is 10.5. The third-order valence-corrected chi connectivity index (χ3v) is 6.33. The second-order valence-electron chi connectivity index (χ2n) is 7.73. The van der Waals surface area contributed by atoms with E-state index in [4.69, 9.17) is 24.8 Å². The summed E-state index contributed by atoms with van der Waals surface area (Å²) in [5, 5.41) is 17.6. The second kappa shape index (κ2) is 14.8. The van der Waals surface area contributed by atoms with Crippen molar-refractivity contribution in [3.8, 4) is 0 Å². The van der Waals surface area contributed by atoms with Gasteiger partial charge in [-0.15, -0.1) is 23.1 Å². The Morgan fingerprint density at radius 2 is 1.69 bits per heavy atom. The number of thioether (sulfide) groups is 1. The zero-order valence-corrected chi connectivity index (χ0v) is 20.7. The van der Waals surface area contributed by atoms with Gasteiger partial charge in [-0.1, -0.05) is 32.8 Å². The highest BCUT2D eigenvalue weighted by Gasteiger charge is 2.17. The summed E-state index contributed by atoms with van der Waals surface area (Å²) in [7, 11) is 4.24. The highest BCUT2D eigenvalue weighted by atomic mass is 32.2. The molecule has 0 aromatic carbocycles. The van der Waals surface area contributed by atoms with Crippen molar-refractivity contribution in [3.05, 3.63) is 45.8 Å². The van der Waals surface area contributed by atoms with Gasteiger partial charge in [-0.05, 0) is 68.7 Å². The summed E-state index contributed by atoms with van der Waals surface area (Å²) in [6.45, 7) is 5.44. The van der Waals surface area contributed by atoms with Crippen molar-refractivity contribution in [1.29, 1.82) is 0 Å². The molecule has 2 heterocycles. The quantitative estimate of drug-likeness (QED) is 0.203. The first kappa shape index (κ1) is 27.8. The first-order valence-corrected chi connectivity index (χ1v) is 12.3. The number of hydrogen-bond donors (Lipinski definition) is 2. The van der Waals surface area contributed by atoms with E-state index >= 15 is 0 Å². The molecule has 0 aliphatic rings. The van der Waals surface area contributed by atoms with Crippen LogP contribution in [0.3, 0.4) is 0 Å². The number of rotatable bonds is 11. The van der Waals surface area contributed by atoms with Crippen LogP contribution in [0.4, 0.5) is 0 Å². The number of pyridine rings is 1. The molecule has 0 unspecified atom stereocenters. The van der Waals surface area contributed by atoms with Crippen molar-refractivity contribution >= 4 is 40.8 Å². The fourth-order valence-electron chi connectivity index (χ4n) is 2.65. The molecule has 0 radical (unpaired) electrons. The van der Waals surface area contributed by atoms with Crippen molar-refractivity contribution < 1.29 is 24.6 Å². The van der Waals surface area contributed by atoms with Crippen LogP contribution in [0.25, 0.3) is 0 Å². The van der Waals surface area contributed by atoms with Gasteiger partial charge in [0.05, 0.1) is 10.4 Å². The van der Waals surface area contributed by atoms with Crippen LogP contribution in [0.15, 0.2) is 34.7 Å². The molecule has 0 amide bonds. The molecule has 2 rings (SSSR count). The number of thiophene rings is 1. The van der Waals surface area contributed by atoms with Gasteiger partial charge < -0.3 is 15.1 Å². The Bertz CT molecular complexity index is 855. The maximum atomic E-state index is 12.8. The maximum Gasteiger partial charge on any atom is 0.414 e. The molecule has 7 nitrogen and oxygen atoms in total. The van der Waals surface area contributed by atoms with Crippen LogP contribution in [-0.2, 0) is 9.59 Å². The number of aromatic nitrogens is 1. The third-order valence-electron chi connectivity index (χ3n) is 4.38. The van der Waals surface area contributed by atoms with Crippen LogP contribution in [0.1, 0.15) is 66.4 Å². The Balaban J connectivity index is 0.000000751. The van der Waals surface area contributed by atoms with Crippen LogP contribution in [0.5, 0.6) is 0 Å². The van der Waals surface area contributed by atoms with E-state index in [1.807, 2.05) is 29.6 Å². The standard InChI is InChI=1S/C21H30N2OS2.C2H2O4/c1-16(2)18-12-11-17(20(24)19-10-9-15-25-19)21(22-18)26-14-8-6-5-7-13-23(3)4;3-1(4)2(5)6/h9-12,15-16H,5-8,13-14H2,1-4H3;(H,3,4)(H,5,6). The highest BCUT2D eigenvalue weighted by Crippen LogP contribution is 2.28. The summed E-state index contributed by atoms with van der Waals surface area (Å²) in [5.74, 6) is -2.17. The lowest BCUT2D eigenvalue weighted by Gasteiger charge is -2.12. The number of hydrogen-bond acceptors (Lipinski definition) is 7. The predicted molar refractivity (Wildman–Crippen MR) is 129 cm³/mol. The van der Waals surface area contributed by atoms with E-state index in [-0.39, 0.29) is 5.78 Å². The van der Waals surface area contributed by atoms with Crippen molar-refractivity contribution in [2.24, 2.45) is 0 Å². The summed E-state index contributed by atoms with van der Waals surface area (Å²) >= 11 is 3.23. The van der Waals surface area contributed by atoms with Gasteiger partial charge in [0.25, 0.3) is 0 Å². The van der Waals surface area contributed by atoms with Crippen molar-refractivity contribution in [1.82, 2.24) is 9.88 Å². The average Bonchev–Trinajstić information content (AvgIpc) is 3.27. The zero-order chi connectivity index (χ0) is 24.1. The number of nitrogens with zero attached hydrogens (tertiary/aromatic N) is 2. The van der Waals surface area contributed by atoms with E-state index in [2.05, 4.69) is 32.8 Å².